The summed E-state index contributed by atoms with van der Waals surface area (Å²) < 4.78 is 42.6. The molecule has 6 nitrogen and oxygen atoms in total. The zero-order valence-corrected chi connectivity index (χ0v) is 16.3. The number of halogens is 1. The van der Waals surface area contributed by atoms with Crippen LogP contribution in [-0.4, -0.2) is 53.6 Å². The van der Waals surface area contributed by atoms with Crippen LogP contribution in [0.5, 0.6) is 0 Å². The fourth-order valence-corrected chi connectivity index (χ4v) is 4.90. The van der Waals surface area contributed by atoms with E-state index >= 15 is 0 Å². The lowest BCUT2D eigenvalue weighted by Crippen LogP contribution is -2.48. The lowest BCUT2D eigenvalue weighted by molar-refractivity contribution is 0.181. The van der Waals surface area contributed by atoms with Crippen molar-refractivity contribution < 1.29 is 12.8 Å². The molecule has 0 unspecified atom stereocenters. The van der Waals surface area contributed by atoms with Crippen molar-refractivity contribution in [3.8, 4) is 0 Å². The largest absolute Gasteiger partial charge is 0.296 e. The highest BCUT2D eigenvalue weighted by atomic mass is 32.2. The number of aromatic nitrogens is 2. The van der Waals surface area contributed by atoms with Crippen molar-refractivity contribution in [3.05, 3.63) is 47.0 Å². The minimum absolute atomic E-state index is 0.246. The molecule has 1 fully saturated rings. The van der Waals surface area contributed by atoms with Crippen LogP contribution < -0.4 is 0 Å². The molecule has 0 saturated carbocycles. The van der Waals surface area contributed by atoms with E-state index in [1.807, 2.05) is 11.6 Å². The van der Waals surface area contributed by atoms with Gasteiger partial charge < -0.3 is 0 Å². The van der Waals surface area contributed by atoms with Gasteiger partial charge in [0.05, 0.1) is 5.69 Å². The molecule has 3 rings (SSSR count). The van der Waals surface area contributed by atoms with Crippen molar-refractivity contribution >= 4 is 10.0 Å². The Kier molecular flexibility index (Phi) is 5.45. The second-order valence-electron chi connectivity index (χ2n) is 6.58. The zero-order valence-electron chi connectivity index (χ0n) is 15.4. The molecule has 0 N–H and O–H groups in total. The number of nitrogens with zero attached hydrogens (tertiary/aromatic N) is 4. The topological polar surface area (TPSA) is 58.4 Å². The molecular weight excluding hydrogens is 355 g/mol. The Hall–Kier alpha value is -1.77. The van der Waals surface area contributed by atoms with Gasteiger partial charge in [-0.05, 0) is 32.9 Å². The Morgan fingerprint density at radius 1 is 1.12 bits per heavy atom. The Labute approximate surface area is 154 Å². The number of piperazine rings is 1. The van der Waals surface area contributed by atoms with Gasteiger partial charge in [0.2, 0.25) is 10.0 Å². The Morgan fingerprint density at radius 3 is 2.35 bits per heavy atom. The summed E-state index contributed by atoms with van der Waals surface area (Å²) in [6.07, 6.45) is 0. The third-order valence-corrected chi connectivity index (χ3v) is 6.93. The van der Waals surface area contributed by atoms with Gasteiger partial charge >= 0.3 is 0 Å². The second kappa shape index (κ2) is 7.46. The molecule has 8 heteroatoms. The third kappa shape index (κ3) is 3.54. The van der Waals surface area contributed by atoms with Crippen molar-refractivity contribution in [2.45, 2.75) is 38.8 Å². The highest BCUT2D eigenvalue weighted by Crippen LogP contribution is 2.22. The first-order valence-electron chi connectivity index (χ1n) is 8.84. The fourth-order valence-electron chi connectivity index (χ4n) is 3.42. The number of hydrogen-bond acceptors (Lipinski definition) is 4. The van der Waals surface area contributed by atoms with E-state index in [1.54, 1.807) is 6.07 Å². The molecule has 142 valence electrons. The van der Waals surface area contributed by atoms with E-state index in [0.717, 1.165) is 24.5 Å². The van der Waals surface area contributed by atoms with Crippen molar-refractivity contribution in [1.82, 2.24) is 19.0 Å². The Bertz CT molecular complexity index is 887. The molecule has 26 heavy (non-hydrogen) atoms. The number of benzene rings is 1. The van der Waals surface area contributed by atoms with Crippen LogP contribution in [0, 0.1) is 19.7 Å². The summed E-state index contributed by atoms with van der Waals surface area (Å²) in [5, 5.41) is 4.54. The minimum Gasteiger partial charge on any atom is -0.296 e. The van der Waals surface area contributed by atoms with Crippen LogP contribution >= 0.6 is 0 Å². The summed E-state index contributed by atoms with van der Waals surface area (Å²) in [5.41, 5.74) is 3.38. The standard InChI is InChI=1S/C18H25FN4O2S/c1-4-23-15(3)16(14(2)20-23)13-21-9-11-22(12-10-21)26(24,25)18-8-6-5-7-17(18)19/h5-8H,4,9-13H2,1-3H3. The Balaban J connectivity index is 1.68. The van der Waals surface area contributed by atoms with E-state index in [2.05, 4.69) is 23.8 Å². The van der Waals surface area contributed by atoms with E-state index in [9.17, 15) is 12.8 Å². The quantitative estimate of drug-likeness (QED) is 0.798. The molecule has 0 spiro atoms. The van der Waals surface area contributed by atoms with Crippen LogP contribution in [0.2, 0.25) is 0 Å². The summed E-state index contributed by atoms with van der Waals surface area (Å²) >= 11 is 0. The van der Waals surface area contributed by atoms with Crippen LogP contribution in [0.1, 0.15) is 23.9 Å². The summed E-state index contributed by atoms with van der Waals surface area (Å²) in [4.78, 5) is 1.98. The summed E-state index contributed by atoms with van der Waals surface area (Å²) in [6.45, 7) is 9.67. The second-order valence-corrected chi connectivity index (χ2v) is 8.48. The average molecular weight is 380 g/mol. The molecule has 1 aliphatic rings. The minimum atomic E-state index is -3.79. The first kappa shape index (κ1) is 19.0. The number of hydrogen-bond donors (Lipinski definition) is 0. The summed E-state index contributed by atoms with van der Waals surface area (Å²) in [7, 11) is -3.79. The normalized spacial score (nSPS) is 16.9. The molecule has 1 saturated heterocycles. The van der Waals surface area contributed by atoms with Gasteiger partial charge in [0.1, 0.15) is 10.7 Å². The lowest BCUT2D eigenvalue weighted by atomic mass is 10.1. The third-order valence-electron chi connectivity index (χ3n) is 5.00. The average Bonchev–Trinajstić information content (AvgIpc) is 2.90. The van der Waals surface area contributed by atoms with Crippen molar-refractivity contribution in [3.63, 3.8) is 0 Å². The van der Waals surface area contributed by atoms with Crippen LogP contribution in [0.3, 0.4) is 0 Å². The van der Waals surface area contributed by atoms with Crippen LogP contribution in [-0.2, 0) is 23.1 Å². The van der Waals surface area contributed by atoms with Crippen molar-refractivity contribution in [2.24, 2.45) is 0 Å². The Morgan fingerprint density at radius 2 is 1.77 bits per heavy atom. The predicted octanol–water partition coefficient (Wildman–Crippen LogP) is 2.17. The molecule has 1 aromatic heterocycles. The van der Waals surface area contributed by atoms with E-state index in [0.29, 0.717) is 26.2 Å². The van der Waals surface area contributed by atoms with Gasteiger partial charge in [0.25, 0.3) is 0 Å². The van der Waals surface area contributed by atoms with E-state index in [-0.39, 0.29) is 4.90 Å². The smallest absolute Gasteiger partial charge is 0.246 e. The molecular formula is C18H25FN4O2S. The first-order valence-corrected chi connectivity index (χ1v) is 10.3. The van der Waals surface area contributed by atoms with Crippen LogP contribution in [0.4, 0.5) is 4.39 Å². The number of rotatable bonds is 5. The van der Waals surface area contributed by atoms with Gasteiger partial charge in [-0.15, -0.1) is 0 Å². The maximum Gasteiger partial charge on any atom is 0.246 e. The van der Waals surface area contributed by atoms with Crippen molar-refractivity contribution in [1.29, 1.82) is 0 Å². The molecule has 2 aromatic rings. The van der Waals surface area contributed by atoms with Gasteiger partial charge in [-0.25, -0.2) is 12.8 Å². The molecule has 1 aliphatic heterocycles. The molecule has 0 radical (unpaired) electrons. The SMILES string of the molecule is CCn1nc(C)c(CN2CCN(S(=O)(=O)c3ccccc3F)CC2)c1C. The summed E-state index contributed by atoms with van der Waals surface area (Å²) in [6, 6.07) is 5.54. The lowest BCUT2D eigenvalue weighted by Gasteiger charge is -2.34. The van der Waals surface area contributed by atoms with E-state index < -0.39 is 15.8 Å². The van der Waals surface area contributed by atoms with E-state index in [1.165, 1.54) is 28.1 Å². The monoisotopic (exact) mass is 380 g/mol. The molecule has 0 aliphatic carbocycles. The maximum absolute atomic E-state index is 13.9. The van der Waals surface area contributed by atoms with Crippen LogP contribution in [0.15, 0.2) is 29.2 Å². The van der Waals surface area contributed by atoms with Gasteiger partial charge in [0, 0.05) is 50.5 Å². The predicted molar refractivity (Wildman–Crippen MR) is 97.8 cm³/mol. The fraction of sp³-hybridized carbons (Fsp3) is 0.500. The maximum atomic E-state index is 13.9. The first-order chi connectivity index (χ1) is 12.3. The highest BCUT2D eigenvalue weighted by Gasteiger charge is 2.30. The van der Waals surface area contributed by atoms with Gasteiger partial charge in [-0.3, -0.25) is 9.58 Å². The van der Waals surface area contributed by atoms with Crippen molar-refractivity contribution in [2.75, 3.05) is 26.2 Å². The molecule has 2 heterocycles. The molecule has 0 bridgehead atoms. The highest BCUT2D eigenvalue weighted by molar-refractivity contribution is 7.89. The van der Waals surface area contributed by atoms with E-state index in [4.69, 9.17) is 0 Å². The summed E-state index contributed by atoms with van der Waals surface area (Å²) in [5.74, 6) is -0.701. The van der Waals surface area contributed by atoms with Gasteiger partial charge in [0.15, 0.2) is 0 Å². The molecule has 0 amide bonds. The molecule has 1 aromatic carbocycles. The van der Waals surface area contributed by atoms with Gasteiger partial charge in [-0.2, -0.15) is 9.40 Å². The zero-order chi connectivity index (χ0) is 18.9. The van der Waals surface area contributed by atoms with Crippen LogP contribution in [0.25, 0.3) is 0 Å². The number of sulfonamides is 1. The number of aryl methyl sites for hydroxylation is 2. The molecule has 0 atom stereocenters. The van der Waals surface area contributed by atoms with Gasteiger partial charge in [-0.1, -0.05) is 12.1 Å².